The molecule has 0 atom stereocenters. The highest BCUT2D eigenvalue weighted by Crippen LogP contribution is 2.24. The molecule has 0 heterocycles. The van der Waals surface area contributed by atoms with Crippen LogP contribution in [0.25, 0.3) is 0 Å². The Balaban J connectivity index is 2.75. The molecule has 0 bridgehead atoms. The van der Waals surface area contributed by atoms with Crippen LogP contribution in [0.4, 0.5) is 17.1 Å². The minimum Gasteiger partial charge on any atom is -0.385 e. The lowest BCUT2D eigenvalue weighted by Crippen LogP contribution is -2.20. The van der Waals surface area contributed by atoms with E-state index in [-0.39, 0.29) is 11.6 Å². The zero-order chi connectivity index (χ0) is 15.0. The quantitative estimate of drug-likeness (QED) is 0.499. The monoisotopic (exact) mass is 280 g/mol. The van der Waals surface area contributed by atoms with Crippen molar-refractivity contribution in [2.75, 3.05) is 30.8 Å². The maximum Gasteiger partial charge on any atom is 0.273 e. The number of carbonyl (C=O) groups is 1. The Morgan fingerprint density at radius 1 is 1.20 bits per heavy atom. The predicted molar refractivity (Wildman–Crippen MR) is 79.1 cm³/mol. The molecule has 0 fully saturated rings. The van der Waals surface area contributed by atoms with Crippen LogP contribution in [0, 0.1) is 10.1 Å². The van der Waals surface area contributed by atoms with Gasteiger partial charge in [-0.3, -0.25) is 14.9 Å². The maximum atomic E-state index is 11.1. The number of carbonyl (C=O) groups excluding carboxylic acids is 1. The summed E-state index contributed by atoms with van der Waals surface area (Å²) in [4.78, 5) is 21.6. The van der Waals surface area contributed by atoms with E-state index in [4.69, 9.17) is 0 Å². The number of anilines is 2. The van der Waals surface area contributed by atoms with E-state index >= 15 is 0 Å². The van der Waals surface area contributed by atoms with Gasteiger partial charge in [-0.25, -0.2) is 0 Å². The standard InChI is InChI=1S/C13H20N4O3/c1-3-5-15-10-7-11(9-12(8-10)17(19)20)16-6-4-13(18)14-2/h7-9,15-16H,3-6H2,1-2H3,(H,14,18). The van der Waals surface area contributed by atoms with Crippen molar-refractivity contribution >= 4 is 23.0 Å². The molecule has 7 heteroatoms. The van der Waals surface area contributed by atoms with E-state index in [0.717, 1.165) is 13.0 Å². The summed E-state index contributed by atoms with van der Waals surface area (Å²) in [5, 5.41) is 19.5. The molecule has 1 amide bonds. The average molecular weight is 280 g/mol. The van der Waals surface area contributed by atoms with Gasteiger partial charge in [0, 0.05) is 50.1 Å². The van der Waals surface area contributed by atoms with E-state index in [1.807, 2.05) is 6.92 Å². The molecule has 0 radical (unpaired) electrons. The number of nitro groups is 1. The third kappa shape index (κ3) is 5.13. The number of nitrogens with one attached hydrogen (secondary N) is 3. The molecular formula is C13H20N4O3. The SMILES string of the molecule is CCCNc1cc(NCCC(=O)NC)cc([N+](=O)[O-])c1. The summed E-state index contributed by atoms with van der Waals surface area (Å²) >= 11 is 0. The van der Waals surface area contributed by atoms with Crippen molar-refractivity contribution in [3.05, 3.63) is 28.3 Å². The molecular weight excluding hydrogens is 260 g/mol. The van der Waals surface area contributed by atoms with Crippen LogP contribution in [0.15, 0.2) is 18.2 Å². The molecule has 0 aliphatic carbocycles. The lowest BCUT2D eigenvalue weighted by molar-refractivity contribution is -0.384. The van der Waals surface area contributed by atoms with Crippen molar-refractivity contribution in [2.24, 2.45) is 0 Å². The van der Waals surface area contributed by atoms with Crippen LogP contribution in [0.1, 0.15) is 19.8 Å². The lowest BCUT2D eigenvalue weighted by atomic mass is 10.2. The Bertz CT molecular complexity index is 477. The van der Waals surface area contributed by atoms with Gasteiger partial charge in [0.25, 0.3) is 5.69 Å². The Morgan fingerprint density at radius 2 is 1.80 bits per heavy atom. The van der Waals surface area contributed by atoms with Gasteiger partial charge in [-0.1, -0.05) is 6.92 Å². The number of non-ortho nitro benzene ring substituents is 1. The van der Waals surface area contributed by atoms with Crippen molar-refractivity contribution in [1.82, 2.24) is 5.32 Å². The fraction of sp³-hybridized carbons (Fsp3) is 0.462. The second-order valence-corrected chi connectivity index (χ2v) is 4.30. The van der Waals surface area contributed by atoms with Crippen molar-refractivity contribution in [2.45, 2.75) is 19.8 Å². The lowest BCUT2D eigenvalue weighted by Gasteiger charge is -2.10. The number of amides is 1. The molecule has 1 aromatic carbocycles. The number of rotatable bonds is 8. The van der Waals surface area contributed by atoms with Gasteiger partial charge in [0.15, 0.2) is 0 Å². The Hall–Kier alpha value is -2.31. The normalized spacial score (nSPS) is 9.90. The van der Waals surface area contributed by atoms with Crippen molar-refractivity contribution in [1.29, 1.82) is 0 Å². The van der Waals surface area contributed by atoms with Crippen LogP contribution in [0.2, 0.25) is 0 Å². The first kappa shape index (κ1) is 15.7. The largest absolute Gasteiger partial charge is 0.385 e. The average Bonchev–Trinajstić information content (AvgIpc) is 2.44. The van der Waals surface area contributed by atoms with E-state index < -0.39 is 4.92 Å². The summed E-state index contributed by atoms with van der Waals surface area (Å²) < 4.78 is 0. The molecule has 0 aromatic heterocycles. The topological polar surface area (TPSA) is 96.3 Å². The molecule has 0 spiro atoms. The van der Waals surface area contributed by atoms with Crippen LogP contribution in [-0.4, -0.2) is 31.0 Å². The fourth-order valence-electron chi connectivity index (χ4n) is 1.64. The molecule has 0 unspecified atom stereocenters. The Morgan fingerprint density at radius 3 is 2.30 bits per heavy atom. The van der Waals surface area contributed by atoms with Crippen LogP contribution < -0.4 is 16.0 Å². The minimum atomic E-state index is -0.430. The first-order chi connectivity index (χ1) is 9.56. The first-order valence-corrected chi connectivity index (χ1v) is 6.54. The molecule has 0 aliphatic rings. The third-order valence-electron chi connectivity index (χ3n) is 2.67. The van der Waals surface area contributed by atoms with Crippen LogP contribution in [-0.2, 0) is 4.79 Å². The first-order valence-electron chi connectivity index (χ1n) is 6.54. The summed E-state index contributed by atoms with van der Waals surface area (Å²) in [7, 11) is 1.57. The number of benzene rings is 1. The zero-order valence-electron chi connectivity index (χ0n) is 11.7. The highest BCUT2D eigenvalue weighted by molar-refractivity contribution is 5.76. The Labute approximate surface area is 117 Å². The second kappa shape index (κ2) is 7.98. The molecule has 20 heavy (non-hydrogen) atoms. The molecule has 110 valence electrons. The summed E-state index contributed by atoms with van der Waals surface area (Å²) in [6.07, 6.45) is 1.25. The molecule has 0 saturated heterocycles. The Kier molecular flexibility index (Phi) is 6.28. The number of nitro benzene ring substituents is 1. The third-order valence-corrected chi connectivity index (χ3v) is 2.67. The molecule has 0 aliphatic heterocycles. The predicted octanol–water partition coefficient (Wildman–Crippen LogP) is 1.96. The smallest absolute Gasteiger partial charge is 0.273 e. The number of hydrogen-bond acceptors (Lipinski definition) is 5. The van der Waals surface area contributed by atoms with Gasteiger partial charge in [-0.05, 0) is 12.5 Å². The van der Waals surface area contributed by atoms with Crippen LogP contribution in [0.5, 0.6) is 0 Å². The minimum absolute atomic E-state index is 0.0218. The van der Waals surface area contributed by atoms with Crippen molar-refractivity contribution < 1.29 is 9.72 Å². The highest BCUT2D eigenvalue weighted by Gasteiger charge is 2.09. The van der Waals surface area contributed by atoms with E-state index in [1.165, 1.54) is 12.1 Å². The number of nitrogens with zero attached hydrogens (tertiary/aromatic N) is 1. The summed E-state index contributed by atoms with van der Waals surface area (Å²) in [6.45, 7) is 3.19. The summed E-state index contributed by atoms with van der Waals surface area (Å²) in [6, 6.07) is 4.76. The maximum absolute atomic E-state index is 11.1. The van der Waals surface area contributed by atoms with Gasteiger partial charge < -0.3 is 16.0 Å². The van der Waals surface area contributed by atoms with Crippen LogP contribution >= 0.6 is 0 Å². The van der Waals surface area contributed by atoms with Crippen molar-refractivity contribution in [3.63, 3.8) is 0 Å². The van der Waals surface area contributed by atoms with Gasteiger partial charge in [-0.2, -0.15) is 0 Å². The molecule has 1 aromatic rings. The zero-order valence-corrected chi connectivity index (χ0v) is 11.7. The second-order valence-electron chi connectivity index (χ2n) is 4.30. The summed E-state index contributed by atoms with van der Waals surface area (Å²) in [5.41, 5.74) is 1.35. The van der Waals surface area contributed by atoms with E-state index in [0.29, 0.717) is 24.3 Å². The van der Waals surface area contributed by atoms with Gasteiger partial charge >= 0.3 is 0 Å². The van der Waals surface area contributed by atoms with Gasteiger partial charge in [0.2, 0.25) is 5.91 Å². The van der Waals surface area contributed by atoms with E-state index in [1.54, 1.807) is 13.1 Å². The van der Waals surface area contributed by atoms with Crippen molar-refractivity contribution in [3.8, 4) is 0 Å². The summed E-state index contributed by atoms with van der Waals surface area (Å²) in [5.74, 6) is -0.0766. The molecule has 3 N–H and O–H groups in total. The molecule has 0 saturated carbocycles. The molecule has 1 rings (SSSR count). The molecule has 7 nitrogen and oxygen atoms in total. The fourth-order valence-corrected chi connectivity index (χ4v) is 1.64. The van der Waals surface area contributed by atoms with E-state index in [2.05, 4.69) is 16.0 Å². The van der Waals surface area contributed by atoms with E-state index in [9.17, 15) is 14.9 Å². The van der Waals surface area contributed by atoms with Crippen LogP contribution in [0.3, 0.4) is 0 Å². The highest BCUT2D eigenvalue weighted by atomic mass is 16.6. The van der Waals surface area contributed by atoms with Gasteiger partial charge in [0.05, 0.1) is 4.92 Å². The van der Waals surface area contributed by atoms with Gasteiger partial charge in [0.1, 0.15) is 0 Å². The number of hydrogen-bond donors (Lipinski definition) is 3. The van der Waals surface area contributed by atoms with Gasteiger partial charge in [-0.15, -0.1) is 0 Å².